The maximum atomic E-state index is 4.49. The first kappa shape index (κ1) is 24.7. The minimum atomic E-state index is 1.14. The monoisotopic (exact) mass is 559 g/mol. The zero-order valence-corrected chi connectivity index (χ0v) is 22.7. The molecule has 0 radical (unpaired) electrons. The van der Waals surface area contributed by atoms with Crippen LogP contribution >= 0.6 is 18.1 Å². The van der Waals surface area contributed by atoms with Gasteiger partial charge >= 0.3 is 27.7 Å². The number of benzene rings is 2. The fourth-order valence-corrected chi connectivity index (χ4v) is 9.46. The third-order valence-electron chi connectivity index (χ3n) is 8.29. The number of fused-ring (bicyclic) bond motifs is 4. The van der Waals surface area contributed by atoms with Gasteiger partial charge < -0.3 is 4.90 Å². The van der Waals surface area contributed by atoms with Gasteiger partial charge in [-0.25, -0.2) is 0 Å². The molecule has 4 bridgehead atoms. The molecule has 4 aliphatic rings. The van der Waals surface area contributed by atoms with E-state index in [1.165, 1.54) is 54.8 Å². The van der Waals surface area contributed by atoms with Crippen LogP contribution in [0.4, 0.5) is 5.69 Å². The topological polar surface area (TPSA) is 3.24 Å². The molecule has 4 heteroatoms. The van der Waals surface area contributed by atoms with Crippen molar-refractivity contribution >= 4 is 23.8 Å². The Labute approximate surface area is 212 Å². The summed E-state index contributed by atoms with van der Waals surface area (Å²) >= 11 is 2.22. The van der Waals surface area contributed by atoms with Gasteiger partial charge in [0.05, 0.1) is 0 Å². The molecule has 0 saturated heterocycles. The van der Waals surface area contributed by atoms with Crippen LogP contribution in [0.25, 0.3) is 11.1 Å². The number of hydrogen-bond donors (Lipinski definition) is 0. The maximum absolute atomic E-state index is 4.49. The van der Waals surface area contributed by atoms with Gasteiger partial charge in [-0.05, 0) is 79.6 Å². The first-order chi connectivity index (χ1) is 15.7. The standard InChI is InChI=1S/C14H14N.C14H23P.ClH.Pd/c1-15(2)14-11-7-6-10-13(14)12-8-4-3-5-9-12;1-3-11-5-9(1)7-13(11)15-14-8-10-2-4-12(14)6-10;;/h3-8,10-11H,1-2H3;9-15H,1-8H2;1H;/q-1;;;+2/p-1/t;9-,10+,11-,12-,13?,14?;;/m.1../s1. The summed E-state index contributed by atoms with van der Waals surface area (Å²) in [5, 5.41) is 0. The van der Waals surface area contributed by atoms with Gasteiger partial charge in [-0.3, -0.25) is 0 Å². The number of hydrogen-bond acceptors (Lipinski definition) is 1. The predicted octanol–water partition coefficient (Wildman–Crippen LogP) is 7.95. The van der Waals surface area contributed by atoms with Gasteiger partial charge in [0.1, 0.15) is 0 Å². The average Bonchev–Trinajstić information content (AvgIpc) is 3.64. The summed E-state index contributed by atoms with van der Waals surface area (Å²) in [4.78, 5) is 2.12. The van der Waals surface area contributed by atoms with E-state index in [0.717, 1.165) is 5.56 Å². The van der Waals surface area contributed by atoms with Crippen LogP contribution in [0.5, 0.6) is 0 Å². The first-order valence-corrected chi connectivity index (χ1v) is 15.4. The van der Waals surface area contributed by atoms with Crippen LogP contribution in [0.3, 0.4) is 0 Å². The molecule has 0 aromatic heterocycles. The van der Waals surface area contributed by atoms with Crippen molar-refractivity contribution in [2.75, 3.05) is 19.0 Å². The molecule has 3 unspecified atom stereocenters. The molecule has 6 rings (SSSR count). The molecule has 32 heavy (non-hydrogen) atoms. The Morgan fingerprint density at radius 2 is 1.41 bits per heavy atom. The molecule has 1 nitrogen and oxygen atoms in total. The number of nitrogens with zero attached hydrogens (tertiary/aromatic N) is 1. The Hall–Kier alpha value is -0.378. The van der Waals surface area contributed by atoms with Crippen molar-refractivity contribution in [2.45, 2.75) is 62.7 Å². The SMILES string of the molecule is C1C[C@@H]2C[C@H]1CC2PC1C[C@@H]2CC[C@@H]1C2.CN(C)c1ccccc1-c1[c-]cccc1.[Cl][Pd+]. The predicted molar refractivity (Wildman–Crippen MR) is 138 cm³/mol. The van der Waals surface area contributed by atoms with E-state index in [0.29, 0.717) is 0 Å². The molecule has 4 aliphatic carbocycles. The third kappa shape index (κ3) is 5.81. The molecule has 4 fully saturated rings. The van der Waals surface area contributed by atoms with E-state index >= 15 is 0 Å². The molecule has 0 spiro atoms. The molecule has 0 aliphatic heterocycles. The first-order valence-electron chi connectivity index (χ1n) is 12.3. The Balaban J connectivity index is 0.000000142. The van der Waals surface area contributed by atoms with Gasteiger partial charge in [0, 0.05) is 19.8 Å². The van der Waals surface area contributed by atoms with Crippen molar-refractivity contribution in [3.8, 4) is 11.1 Å². The molecular formula is C28H37ClNPPd. The molecule has 176 valence electrons. The second-order valence-corrected chi connectivity index (χ2v) is 12.2. The molecule has 2 aromatic carbocycles. The van der Waals surface area contributed by atoms with Crippen molar-refractivity contribution < 1.29 is 18.2 Å². The van der Waals surface area contributed by atoms with Crippen LogP contribution in [0.2, 0.25) is 0 Å². The van der Waals surface area contributed by atoms with Crippen LogP contribution in [-0.4, -0.2) is 25.4 Å². The van der Waals surface area contributed by atoms with Crippen LogP contribution in [-0.2, 0) is 18.2 Å². The fraction of sp³-hybridized carbons (Fsp3) is 0.571. The van der Waals surface area contributed by atoms with Crippen molar-refractivity contribution in [1.29, 1.82) is 0 Å². The molecular weight excluding hydrogens is 523 g/mol. The second kappa shape index (κ2) is 11.8. The summed E-state index contributed by atoms with van der Waals surface area (Å²) in [5.74, 6) is 4.72. The van der Waals surface area contributed by atoms with E-state index in [1.54, 1.807) is 51.4 Å². The minimum absolute atomic E-state index is 1.14. The van der Waals surface area contributed by atoms with E-state index in [2.05, 4.69) is 83.1 Å². The number of halogens is 1. The third-order valence-corrected chi connectivity index (χ3v) is 10.6. The van der Waals surface area contributed by atoms with Crippen molar-refractivity contribution in [2.24, 2.45) is 23.7 Å². The van der Waals surface area contributed by atoms with E-state index in [9.17, 15) is 0 Å². The number of para-hydroxylation sites is 1. The van der Waals surface area contributed by atoms with E-state index in [1.807, 2.05) is 18.2 Å². The van der Waals surface area contributed by atoms with Crippen molar-refractivity contribution in [1.82, 2.24) is 0 Å². The quantitative estimate of drug-likeness (QED) is 0.209. The van der Waals surface area contributed by atoms with Crippen LogP contribution in [0.1, 0.15) is 51.4 Å². The van der Waals surface area contributed by atoms with Crippen LogP contribution in [0, 0.1) is 29.7 Å². The van der Waals surface area contributed by atoms with Crippen LogP contribution in [0.15, 0.2) is 48.5 Å². The van der Waals surface area contributed by atoms with Crippen molar-refractivity contribution in [3.05, 3.63) is 54.6 Å². The summed E-state index contributed by atoms with van der Waals surface area (Å²) in [7, 11) is 9.98. The van der Waals surface area contributed by atoms with Crippen LogP contribution < -0.4 is 4.90 Å². The zero-order valence-electron chi connectivity index (χ0n) is 19.4. The molecule has 0 amide bonds. The van der Waals surface area contributed by atoms with E-state index < -0.39 is 0 Å². The summed E-state index contributed by atoms with van der Waals surface area (Å²) in [6.45, 7) is 0. The molecule has 4 saturated carbocycles. The average molecular weight is 560 g/mol. The van der Waals surface area contributed by atoms with Gasteiger partial charge in [-0.2, -0.15) is 0 Å². The number of rotatable bonds is 4. The van der Waals surface area contributed by atoms with Crippen molar-refractivity contribution in [3.63, 3.8) is 0 Å². The van der Waals surface area contributed by atoms with Gasteiger partial charge in [0.25, 0.3) is 0 Å². The van der Waals surface area contributed by atoms with Gasteiger partial charge in [0.15, 0.2) is 0 Å². The Morgan fingerprint density at radius 1 is 0.812 bits per heavy atom. The summed E-state index contributed by atoms with van der Waals surface area (Å²) in [6, 6.07) is 19.7. The van der Waals surface area contributed by atoms with E-state index in [4.69, 9.17) is 0 Å². The molecule has 0 heterocycles. The molecule has 2 aromatic rings. The second-order valence-electron chi connectivity index (χ2n) is 10.4. The summed E-state index contributed by atoms with van der Waals surface area (Å²) in [6.07, 6.45) is 12.9. The van der Waals surface area contributed by atoms with Gasteiger partial charge in [0.2, 0.25) is 0 Å². The fourth-order valence-electron chi connectivity index (χ4n) is 6.82. The van der Waals surface area contributed by atoms with Gasteiger partial charge in [-0.1, -0.05) is 36.6 Å². The normalized spacial score (nSPS) is 31.9. The summed E-state index contributed by atoms with van der Waals surface area (Å²) in [5.41, 5.74) is 5.99. The summed E-state index contributed by atoms with van der Waals surface area (Å²) < 4.78 is 0. The number of anilines is 1. The zero-order chi connectivity index (χ0) is 22.5. The molecule has 7 atom stereocenters. The van der Waals surface area contributed by atoms with Gasteiger partial charge in [-0.15, -0.1) is 44.5 Å². The Morgan fingerprint density at radius 3 is 1.88 bits per heavy atom. The Bertz CT molecular complexity index is 818. The Kier molecular flexibility index (Phi) is 9.16. The van der Waals surface area contributed by atoms with E-state index in [-0.39, 0.29) is 0 Å². The molecule has 0 N–H and O–H groups in total.